The number of hydrogen-bond acceptors (Lipinski definition) is 5. The lowest BCUT2D eigenvalue weighted by Crippen LogP contribution is -2.25. The fraction of sp³-hybridized carbons (Fsp3) is 0.462. The highest BCUT2D eigenvalue weighted by Crippen LogP contribution is 2.30. The van der Waals surface area contributed by atoms with E-state index >= 15 is 0 Å². The normalized spacial score (nSPS) is 10.9. The van der Waals surface area contributed by atoms with Crippen LogP contribution in [0.3, 0.4) is 0 Å². The highest BCUT2D eigenvalue weighted by Gasteiger charge is 2.24. The molecule has 0 unspecified atom stereocenters. The number of carbonyl (C=O) groups is 1. The standard InChI is InChI=1S/C13H17NO4/c1-13(2,3)12(15)18-10-6-5-9(8-14-16)7-11(10)17-4/h5-7H,8H2,1-4H3. The van der Waals surface area contributed by atoms with Gasteiger partial charge in [0, 0.05) is 0 Å². The molecule has 1 rings (SSSR count). The molecule has 0 atom stereocenters. The van der Waals surface area contributed by atoms with Gasteiger partial charge in [-0.3, -0.25) is 4.79 Å². The van der Waals surface area contributed by atoms with Crippen molar-refractivity contribution in [2.45, 2.75) is 27.3 Å². The van der Waals surface area contributed by atoms with E-state index in [1.165, 1.54) is 7.11 Å². The second-order valence-corrected chi connectivity index (χ2v) is 4.91. The lowest BCUT2D eigenvalue weighted by molar-refractivity contribution is -0.143. The van der Waals surface area contributed by atoms with E-state index in [0.717, 1.165) is 0 Å². The van der Waals surface area contributed by atoms with E-state index in [1.54, 1.807) is 39.0 Å². The maximum atomic E-state index is 11.8. The van der Waals surface area contributed by atoms with E-state index in [-0.39, 0.29) is 12.5 Å². The maximum Gasteiger partial charge on any atom is 0.316 e. The monoisotopic (exact) mass is 251 g/mol. The average molecular weight is 251 g/mol. The van der Waals surface area contributed by atoms with Crippen LogP contribution in [0.4, 0.5) is 0 Å². The first kappa shape index (κ1) is 14.2. The lowest BCUT2D eigenvalue weighted by Gasteiger charge is -2.17. The number of rotatable bonds is 4. The van der Waals surface area contributed by atoms with E-state index in [1.807, 2.05) is 0 Å². The first-order chi connectivity index (χ1) is 8.38. The Labute approximate surface area is 106 Å². The van der Waals surface area contributed by atoms with Gasteiger partial charge < -0.3 is 9.47 Å². The van der Waals surface area contributed by atoms with E-state index in [9.17, 15) is 9.70 Å². The van der Waals surface area contributed by atoms with Crippen LogP contribution in [0.2, 0.25) is 0 Å². The Morgan fingerprint density at radius 1 is 1.28 bits per heavy atom. The van der Waals surface area contributed by atoms with Crippen LogP contribution in [-0.2, 0) is 11.3 Å². The topological polar surface area (TPSA) is 65.0 Å². The minimum absolute atomic E-state index is 0.0594. The average Bonchev–Trinajstić information content (AvgIpc) is 2.30. The van der Waals surface area contributed by atoms with Crippen molar-refractivity contribution < 1.29 is 14.3 Å². The number of nitrogens with zero attached hydrogens (tertiary/aromatic N) is 1. The van der Waals surface area contributed by atoms with Crippen molar-refractivity contribution in [3.8, 4) is 11.5 Å². The molecule has 0 fully saturated rings. The molecule has 0 saturated heterocycles. The van der Waals surface area contributed by atoms with Crippen LogP contribution in [0.15, 0.2) is 23.4 Å². The Morgan fingerprint density at radius 2 is 1.94 bits per heavy atom. The van der Waals surface area contributed by atoms with Gasteiger partial charge in [-0.15, -0.1) is 0 Å². The van der Waals surface area contributed by atoms with Gasteiger partial charge in [-0.25, -0.2) is 0 Å². The summed E-state index contributed by atoms with van der Waals surface area (Å²) in [6.07, 6.45) is 0. The molecule has 0 spiro atoms. The SMILES string of the molecule is COc1cc(CN=O)ccc1OC(=O)C(C)(C)C. The Balaban J connectivity index is 2.96. The van der Waals surface area contributed by atoms with Crippen LogP contribution >= 0.6 is 0 Å². The molecule has 0 aliphatic carbocycles. The van der Waals surface area contributed by atoms with Crippen LogP contribution in [0.25, 0.3) is 0 Å². The summed E-state index contributed by atoms with van der Waals surface area (Å²) in [6, 6.07) is 4.91. The summed E-state index contributed by atoms with van der Waals surface area (Å²) in [4.78, 5) is 22.0. The summed E-state index contributed by atoms with van der Waals surface area (Å²) in [5.41, 5.74) is 0.117. The molecule has 0 saturated carbocycles. The van der Waals surface area contributed by atoms with Gasteiger partial charge in [-0.2, -0.15) is 4.91 Å². The third-order valence-corrected chi connectivity index (χ3v) is 2.29. The molecule has 18 heavy (non-hydrogen) atoms. The molecule has 0 radical (unpaired) electrons. The van der Waals surface area contributed by atoms with Crippen molar-refractivity contribution in [2.24, 2.45) is 10.6 Å². The molecule has 0 heterocycles. The number of carbonyl (C=O) groups excluding carboxylic acids is 1. The van der Waals surface area contributed by atoms with E-state index in [2.05, 4.69) is 5.18 Å². The fourth-order valence-corrected chi connectivity index (χ4v) is 1.22. The van der Waals surface area contributed by atoms with Crippen molar-refractivity contribution in [1.29, 1.82) is 0 Å². The summed E-state index contributed by atoms with van der Waals surface area (Å²) < 4.78 is 10.4. The van der Waals surface area contributed by atoms with Gasteiger partial charge in [-0.05, 0) is 38.5 Å². The predicted molar refractivity (Wildman–Crippen MR) is 67.6 cm³/mol. The van der Waals surface area contributed by atoms with Crippen LogP contribution in [-0.4, -0.2) is 13.1 Å². The molecular formula is C13H17NO4. The summed E-state index contributed by atoms with van der Waals surface area (Å²) in [7, 11) is 1.47. The lowest BCUT2D eigenvalue weighted by atomic mass is 9.97. The Kier molecular flexibility index (Phi) is 4.42. The molecule has 5 nitrogen and oxygen atoms in total. The smallest absolute Gasteiger partial charge is 0.316 e. The van der Waals surface area contributed by atoms with Gasteiger partial charge in [0.05, 0.1) is 12.5 Å². The largest absolute Gasteiger partial charge is 0.493 e. The fourth-order valence-electron chi connectivity index (χ4n) is 1.22. The van der Waals surface area contributed by atoms with Crippen molar-refractivity contribution in [3.63, 3.8) is 0 Å². The molecule has 5 heteroatoms. The quantitative estimate of drug-likeness (QED) is 0.469. The van der Waals surface area contributed by atoms with Gasteiger partial charge in [0.25, 0.3) is 0 Å². The molecule has 0 N–H and O–H groups in total. The second kappa shape index (κ2) is 5.62. The predicted octanol–water partition coefficient (Wildman–Crippen LogP) is 2.91. The van der Waals surface area contributed by atoms with Crippen molar-refractivity contribution in [1.82, 2.24) is 0 Å². The zero-order valence-electron chi connectivity index (χ0n) is 11.0. The maximum absolute atomic E-state index is 11.8. The molecule has 1 aromatic carbocycles. The Morgan fingerprint density at radius 3 is 2.44 bits per heavy atom. The second-order valence-electron chi connectivity index (χ2n) is 4.91. The summed E-state index contributed by atoms with van der Waals surface area (Å²) in [5, 5.41) is 2.80. The van der Waals surface area contributed by atoms with Crippen LogP contribution in [0, 0.1) is 10.3 Å². The number of hydrogen-bond donors (Lipinski definition) is 0. The first-order valence-electron chi connectivity index (χ1n) is 5.57. The number of benzene rings is 1. The summed E-state index contributed by atoms with van der Waals surface area (Å²) in [5.74, 6) is 0.405. The van der Waals surface area contributed by atoms with Gasteiger partial charge >= 0.3 is 5.97 Å². The minimum atomic E-state index is -0.589. The molecule has 98 valence electrons. The third-order valence-electron chi connectivity index (χ3n) is 2.29. The molecular weight excluding hydrogens is 234 g/mol. The van der Waals surface area contributed by atoms with Crippen molar-refractivity contribution in [2.75, 3.05) is 7.11 Å². The molecule has 1 aromatic rings. The molecule has 0 bridgehead atoms. The van der Waals surface area contributed by atoms with Gasteiger partial charge in [-0.1, -0.05) is 11.2 Å². The van der Waals surface area contributed by atoms with Crippen LogP contribution in [0.5, 0.6) is 11.5 Å². The van der Waals surface area contributed by atoms with E-state index in [4.69, 9.17) is 9.47 Å². The Bertz CT molecular complexity index is 449. The highest BCUT2D eigenvalue weighted by molar-refractivity contribution is 5.78. The highest BCUT2D eigenvalue weighted by atomic mass is 16.6. The summed E-state index contributed by atoms with van der Waals surface area (Å²) >= 11 is 0. The number of methoxy groups -OCH3 is 1. The zero-order chi connectivity index (χ0) is 13.8. The summed E-state index contributed by atoms with van der Waals surface area (Å²) in [6.45, 7) is 5.37. The van der Waals surface area contributed by atoms with E-state index < -0.39 is 5.41 Å². The number of nitroso groups, excluding NO2 is 1. The van der Waals surface area contributed by atoms with Gasteiger partial charge in [0.1, 0.15) is 6.54 Å². The molecule has 0 aromatic heterocycles. The first-order valence-corrected chi connectivity index (χ1v) is 5.57. The van der Waals surface area contributed by atoms with Gasteiger partial charge in [0.2, 0.25) is 0 Å². The van der Waals surface area contributed by atoms with Crippen LogP contribution < -0.4 is 9.47 Å². The number of ether oxygens (including phenoxy) is 2. The van der Waals surface area contributed by atoms with E-state index in [0.29, 0.717) is 17.1 Å². The molecule has 0 aliphatic rings. The zero-order valence-corrected chi connectivity index (χ0v) is 11.0. The van der Waals surface area contributed by atoms with Gasteiger partial charge in [0.15, 0.2) is 11.5 Å². The minimum Gasteiger partial charge on any atom is -0.493 e. The Hall–Kier alpha value is -1.91. The van der Waals surface area contributed by atoms with Crippen molar-refractivity contribution in [3.05, 3.63) is 28.7 Å². The van der Waals surface area contributed by atoms with Crippen molar-refractivity contribution >= 4 is 5.97 Å². The third kappa shape index (κ3) is 3.55. The molecule has 0 amide bonds. The van der Waals surface area contributed by atoms with Crippen LogP contribution in [0.1, 0.15) is 26.3 Å². The number of esters is 1. The molecule has 0 aliphatic heterocycles.